The molecule has 108 valence electrons. The first-order chi connectivity index (χ1) is 9.38. The van der Waals surface area contributed by atoms with Crippen molar-refractivity contribution in [2.45, 2.75) is 38.9 Å². The third kappa shape index (κ3) is 3.34. The van der Waals surface area contributed by atoms with E-state index in [0.29, 0.717) is 18.5 Å². The van der Waals surface area contributed by atoms with E-state index >= 15 is 0 Å². The molecule has 0 spiro atoms. The molecule has 2 rings (SSSR count). The Hall–Kier alpha value is -1.92. The molecule has 2 aromatic rings. The normalized spacial score (nSPS) is 12.1. The fraction of sp³-hybridized carbons (Fsp3) is 0.462. The first kappa shape index (κ1) is 14.5. The van der Waals surface area contributed by atoms with Crippen LogP contribution in [0.5, 0.6) is 0 Å². The summed E-state index contributed by atoms with van der Waals surface area (Å²) < 4.78 is 39.1. The quantitative estimate of drug-likeness (QED) is 0.866. The van der Waals surface area contributed by atoms with Crippen molar-refractivity contribution in [3.63, 3.8) is 0 Å². The van der Waals surface area contributed by atoms with Crippen LogP contribution in [-0.2, 0) is 19.1 Å². The van der Waals surface area contributed by atoms with E-state index in [-0.39, 0.29) is 11.6 Å². The van der Waals surface area contributed by atoms with Gasteiger partial charge >= 0.3 is 6.18 Å². The van der Waals surface area contributed by atoms with Gasteiger partial charge in [-0.15, -0.1) is 0 Å². The van der Waals surface area contributed by atoms with Gasteiger partial charge < -0.3 is 0 Å². The maximum absolute atomic E-state index is 13.0. The molecular weight excluding hydrogens is 269 g/mol. The van der Waals surface area contributed by atoms with E-state index in [0.717, 1.165) is 0 Å². The number of hydrogen-bond donors (Lipinski definition) is 0. The molecule has 0 atom stereocenters. The monoisotopic (exact) mass is 284 g/mol. The van der Waals surface area contributed by atoms with Gasteiger partial charge in [-0.25, -0.2) is 0 Å². The van der Waals surface area contributed by atoms with Crippen LogP contribution in [0.1, 0.15) is 36.6 Å². The van der Waals surface area contributed by atoms with Gasteiger partial charge in [0.1, 0.15) is 0 Å². The fourth-order valence-corrected chi connectivity index (χ4v) is 1.93. The average Bonchev–Trinajstić information content (AvgIpc) is 2.88. The molecule has 0 aliphatic heterocycles. The minimum absolute atomic E-state index is 0.0819. The highest BCUT2D eigenvalue weighted by atomic mass is 19.4. The lowest BCUT2D eigenvalue weighted by molar-refractivity contribution is -0.138. The lowest BCUT2D eigenvalue weighted by Gasteiger charge is -2.15. The molecule has 0 aliphatic carbocycles. The minimum Gasteiger partial charge on any atom is -0.260 e. The molecule has 0 saturated heterocycles. The Morgan fingerprint density at radius 2 is 1.85 bits per heavy atom. The Morgan fingerprint density at radius 3 is 2.40 bits per heavy atom. The molecule has 4 nitrogen and oxygen atoms in total. The maximum atomic E-state index is 13.0. The Bertz CT molecular complexity index is 561. The topological polar surface area (TPSA) is 43.6 Å². The van der Waals surface area contributed by atoms with Gasteiger partial charge in [-0.3, -0.25) is 4.98 Å². The molecule has 0 fully saturated rings. The largest absolute Gasteiger partial charge is 0.418 e. The van der Waals surface area contributed by atoms with Gasteiger partial charge in [0.25, 0.3) is 0 Å². The van der Waals surface area contributed by atoms with E-state index in [1.807, 2.05) is 0 Å². The Kier molecular flexibility index (Phi) is 4.06. The Balaban J connectivity index is 2.23. The van der Waals surface area contributed by atoms with Crippen molar-refractivity contribution in [1.82, 2.24) is 20.0 Å². The van der Waals surface area contributed by atoms with Gasteiger partial charge in [0.15, 0.2) is 0 Å². The molecule has 0 N–H and O–H groups in total. The van der Waals surface area contributed by atoms with E-state index in [9.17, 15) is 13.2 Å². The van der Waals surface area contributed by atoms with E-state index in [2.05, 4.69) is 15.2 Å². The molecule has 0 bridgehead atoms. The third-order valence-electron chi connectivity index (χ3n) is 2.89. The van der Waals surface area contributed by atoms with Crippen LogP contribution in [0.4, 0.5) is 13.2 Å². The van der Waals surface area contributed by atoms with E-state index in [4.69, 9.17) is 0 Å². The Morgan fingerprint density at radius 1 is 1.20 bits per heavy atom. The minimum atomic E-state index is -4.38. The molecule has 0 aliphatic rings. The summed E-state index contributed by atoms with van der Waals surface area (Å²) in [5.74, 6) is -0.270. The smallest absolute Gasteiger partial charge is 0.260 e. The van der Waals surface area contributed by atoms with Crippen molar-refractivity contribution in [2.24, 2.45) is 0 Å². The predicted octanol–water partition coefficient (Wildman–Crippen LogP) is 3.06. The van der Waals surface area contributed by atoms with Crippen molar-refractivity contribution in [3.8, 4) is 0 Å². The Labute approximate surface area is 114 Å². The highest BCUT2D eigenvalue weighted by molar-refractivity contribution is 5.30. The van der Waals surface area contributed by atoms with Crippen LogP contribution in [-0.4, -0.2) is 20.0 Å². The molecule has 2 aromatic heterocycles. The van der Waals surface area contributed by atoms with Gasteiger partial charge in [-0.2, -0.15) is 28.2 Å². The van der Waals surface area contributed by atoms with E-state index in [1.165, 1.54) is 29.5 Å². The summed E-state index contributed by atoms with van der Waals surface area (Å²) in [4.78, 5) is 5.41. The second-order valence-corrected chi connectivity index (χ2v) is 4.80. The highest BCUT2D eigenvalue weighted by Gasteiger charge is 2.35. The molecule has 20 heavy (non-hydrogen) atoms. The molecule has 0 aromatic carbocycles. The van der Waals surface area contributed by atoms with Crippen LogP contribution in [0.25, 0.3) is 0 Å². The van der Waals surface area contributed by atoms with E-state index in [1.54, 1.807) is 13.8 Å². The van der Waals surface area contributed by atoms with Gasteiger partial charge in [0.05, 0.1) is 30.2 Å². The van der Waals surface area contributed by atoms with Crippen LogP contribution in [0.2, 0.25) is 0 Å². The van der Waals surface area contributed by atoms with Gasteiger partial charge in [0.2, 0.25) is 0 Å². The SMILES string of the molecule is CC(C)c1ncc(CCn2nccn2)cc1C(F)(F)F. The number of aromatic nitrogens is 4. The first-order valence-electron chi connectivity index (χ1n) is 6.28. The van der Waals surface area contributed by atoms with Crippen LogP contribution in [0.3, 0.4) is 0 Å². The summed E-state index contributed by atoms with van der Waals surface area (Å²) >= 11 is 0. The average molecular weight is 284 g/mol. The van der Waals surface area contributed by atoms with E-state index < -0.39 is 11.7 Å². The lowest BCUT2D eigenvalue weighted by Crippen LogP contribution is -2.13. The first-order valence-corrected chi connectivity index (χ1v) is 6.28. The van der Waals surface area contributed by atoms with Gasteiger partial charge in [-0.1, -0.05) is 13.8 Å². The zero-order valence-corrected chi connectivity index (χ0v) is 11.2. The summed E-state index contributed by atoms with van der Waals surface area (Å²) in [6, 6.07) is 1.17. The van der Waals surface area contributed by atoms with Crippen LogP contribution >= 0.6 is 0 Å². The van der Waals surface area contributed by atoms with Crippen molar-refractivity contribution in [3.05, 3.63) is 41.5 Å². The van der Waals surface area contributed by atoms with Gasteiger partial charge in [-0.05, 0) is 24.0 Å². The molecule has 0 radical (unpaired) electrons. The number of pyridine rings is 1. The van der Waals surface area contributed by atoms with Crippen molar-refractivity contribution in [1.29, 1.82) is 0 Å². The van der Waals surface area contributed by atoms with Crippen molar-refractivity contribution >= 4 is 0 Å². The summed E-state index contributed by atoms with van der Waals surface area (Å²) in [5.41, 5.74) is -0.0455. The number of aryl methyl sites for hydroxylation is 2. The highest BCUT2D eigenvalue weighted by Crippen LogP contribution is 2.34. The number of hydrogen-bond acceptors (Lipinski definition) is 3. The molecule has 2 heterocycles. The zero-order chi connectivity index (χ0) is 14.8. The number of nitrogens with zero attached hydrogens (tertiary/aromatic N) is 4. The second kappa shape index (κ2) is 5.60. The predicted molar refractivity (Wildman–Crippen MR) is 67.1 cm³/mol. The summed E-state index contributed by atoms with van der Waals surface area (Å²) in [5, 5.41) is 7.82. The molecule has 0 amide bonds. The number of rotatable bonds is 4. The standard InChI is InChI=1S/C13H15F3N4/c1-9(2)12-11(13(14,15)16)7-10(8-17-12)3-6-20-18-4-5-19-20/h4-5,7-9H,3,6H2,1-2H3. The molecular formula is C13H15F3N4. The van der Waals surface area contributed by atoms with Crippen LogP contribution in [0, 0.1) is 0 Å². The summed E-state index contributed by atoms with van der Waals surface area (Å²) in [6.07, 6.45) is 0.576. The maximum Gasteiger partial charge on any atom is 0.418 e. The molecule has 0 saturated carbocycles. The summed E-state index contributed by atoms with van der Waals surface area (Å²) in [7, 11) is 0. The number of halogens is 3. The second-order valence-electron chi connectivity index (χ2n) is 4.80. The summed E-state index contributed by atoms with van der Waals surface area (Å²) in [6.45, 7) is 3.82. The lowest BCUT2D eigenvalue weighted by atomic mass is 10.0. The fourth-order valence-electron chi connectivity index (χ4n) is 1.93. The molecule has 7 heteroatoms. The van der Waals surface area contributed by atoms with Crippen molar-refractivity contribution < 1.29 is 13.2 Å². The van der Waals surface area contributed by atoms with Crippen LogP contribution < -0.4 is 0 Å². The van der Waals surface area contributed by atoms with Gasteiger partial charge in [0, 0.05) is 6.20 Å². The third-order valence-corrected chi connectivity index (χ3v) is 2.89. The zero-order valence-electron chi connectivity index (χ0n) is 11.2. The molecule has 0 unspecified atom stereocenters. The number of alkyl halides is 3. The van der Waals surface area contributed by atoms with Crippen molar-refractivity contribution in [2.75, 3.05) is 0 Å². The van der Waals surface area contributed by atoms with Crippen LogP contribution in [0.15, 0.2) is 24.7 Å².